The number of carbonyl (C=O) groups is 1. The molecule has 39 heavy (non-hydrogen) atoms. The van der Waals surface area contributed by atoms with Crippen molar-refractivity contribution in [1.29, 1.82) is 0 Å². The molecule has 0 aromatic heterocycles. The van der Waals surface area contributed by atoms with Crippen molar-refractivity contribution < 1.29 is 39.4 Å². The molecule has 2 saturated heterocycles. The standard InChI is InChI=1S/C29H48N2O8/c1-27-8-5-15(37-26-22(30)24(36)23(35)20(13-32)38-26)11-14(27)3-4-19-18(27)6-9-28(2)17-7-10-29(19,28)39-25(31)16(17)12-21(33)34/h14-20,22-26,32,35-36H,3-13,30-31H2,1-2H3,(H,33,34)/t14-,15+,16+,17-,18+,19-,20-,22-,23-,24-,25-,26-,27+,28-,29+/m1/s1. The van der Waals surface area contributed by atoms with Gasteiger partial charge >= 0.3 is 5.97 Å². The lowest BCUT2D eigenvalue weighted by Gasteiger charge is -2.67. The number of aliphatic hydroxyl groups is 3. The van der Waals surface area contributed by atoms with Gasteiger partial charge < -0.3 is 46.1 Å². The van der Waals surface area contributed by atoms with Gasteiger partial charge in [0.25, 0.3) is 0 Å². The Hall–Kier alpha value is -0.850. The number of ether oxygens (including phenoxy) is 3. The lowest BCUT2D eigenvalue weighted by atomic mass is 9.42. The van der Waals surface area contributed by atoms with Crippen LogP contribution in [0.4, 0.5) is 0 Å². The van der Waals surface area contributed by atoms with Crippen LogP contribution in [0.1, 0.15) is 78.1 Å². The first-order valence-electron chi connectivity index (χ1n) is 15.1. The predicted octanol–water partition coefficient (Wildman–Crippen LogP) is 1.33. The van der Waals surface area contributed by atoms with E-state index in [1.807, 2.05) is 0 Å². The Labute approximate surface area is 230 Å². The first kappa shape index (κ1) is 28.3. The monoisotopic (exact) mass is 552 g/mol. The van der Waals surface area contributed by atoms with E-state index < -0.39 is 49.4 Å². The van der Waals surface area contributed by atoms with Gasteiger partial charge in [-0.2, -0.15) is 0 Å². The van der Waals surface area contributed by atoms with Crippen LogP contribution in [0.2, 0.25) is 0 Å². The minimum absolute atomic E-state index is 0.0310. The molecule has 6 rings (SSSR count). The van der Waals surface area contributed by atoms with Gasteiger partial charge in [-0.3, -0.25) is 4.79 Å². The van der Waals surface area contributed by atoms with E-state index in [9.17, 15) is 25.2 Å². The smallest absolute Gasteiger partial charge is 0.303 e. The largest absolute Gasteiger partial charge is 0.481 e. The molecule has 0 spiro atoms. The summed E-state index contributed by atoms with van der Waals surface area (Å²) < 4.78 is 18.9. The number of carboxylic acids is 1. The van der Waals surface area contributed by atoms with E-state index >= 15 is 0 Å². The molecule has 4 saturated carbocycles. The number of fused-ring (bicyclic) bond motifs is 3. The van der Waals surface area contributed by atoms with Crippen LogP contribution in [0.3, 0.4) is 0 Å². The fourth-order valence-electron chi connectivity index (χ4n) is 10.7. The molecule has 0 amide bonds. The number of nitrogens with two attached hydrogens (primary N) is 2. The Kier molecular flexibility index (Phi) is 7.15. The highest BCUT2D eigenvalue weighted by atomic mass is 16.7. The highest BCUT2D eigenvalue weighted by Gasteiger charge is 2.72. The van der Waals surface area contributed by atoms with Crippen molar-refractivity contribution in [2.75, 3.05) is 6.61 Å². The van der Waals surface area contributed by atoms with Crippen molar-refractivity contribution >= 4 is 5.97 Å². The first-order chi connectivity index (χ1) is 18.4. The summed E-state index contributed by atoms with van der Waals surface area (Å²) in [5, 5.41) is 39.6. The maximum absolute atomic E-state index is 11.6. The summed E-state index contributed by atoms with van der Waals surface area (Å²) in [7, 11) is 0. The van der Waals surface area contributed by atoms with Crippen LogP contribution in [0.5, 0.6) is 0 Å². The van der Waals surface area contributed by atoms with E-state index in [1.165, 1.54) is 0 Å². The molecule has 8 N–H and O–H groups in total. The van der Waals surface area contributed by atoms with Crippen molar-refractivity contribution in [1.82, 2.24) is 0 Å². The molecule has 2 bridgehead atoms. The van der Waals surface area contributed by atoms with E-state index in [0.717, 1.165) is 57.8 Å². The van der Waals surface area contributed by atoms with Crippen LogP contribution in [-0.2, 0) is 19.0 Å². The Morgan fingerprint density at radius 2 is 1.72 bits per heavy atom. The third-order valence-electron chi connectivity index (χ3n) is 12.8. The lowest BCUT2D eigenvalue weighted by Crippen LogP contribution is -2.68. The zero-order valence-electron chi connectivity index (χ0n) is 23.3. The van der Waals surface area contributed by atoms with Crippen LogP contribution in [0, 0.1) is 40.4 Å². The summed E-state index contributed by atoms with van der Waals surface area (Å²) >= 11 is 0. The van der Waals surface area contributed by atoms with Gasteiger partial charge in [0.05, 0.1) is 30.8 Å². The zero-order chi connectivity index (χ0) is 27.9. The molecule has 2 aliphatic heterocycles. The summed E-state index contributed by atoms with van der Waals surface area (Å²) in [6, 6.07) is -0.880. The predicted molar refractivity (Wildman–Crippen MR) is 140 cm³/mol. The summed E-state index contributed by atoms with van der Waals surface area (Å²) in [4.78, 5) is 11.6. The maximum atomic E-state index is 11.6. The van der Waals surface area contributed by atoms with Gasteiger partial charge in [-0.25, -0.2) is 0 Å². The van der Waals surface area contributed by atoms with Crippen molar-refractivity contribution in [2.24, 2.45) is 51.9 Å². The van der Waals surface area contributed by atoms with Crippen LogP contribution in [0.15, 0.2) is 0 Å². The van der Waals surface area contributed by atoms with Crippen LogP contribution >= 0.6 is 0 Å². The lowest BCUT2D eigenvalue weighted by molar-refractivity contribution is -0.298. The molecule has 10 heteroatoms. The maximum Gasteiger partial charge on any atom is 0.303 e. The highest BCUT2D eigenvalue weighted by Crippen LogP contribution is 2.73. The topological polar surface area (TPSA) is 178 Å². The summed E-state index contributed by atoms with van der Waals surface area (Å²) in [6.45, 7) is 4.40. The molecular formula is C29H48N2O8. The Morgan fingerprint density at radius 1 is 0.974 bits per heavy atom. The van der Waals surface area contributed by atoms with Gasteiger partial charge in [-0.15, -0.1) is 0 Å². The van der Waals surface area contributed by atoms with E-state index in [-0.39, 0.29) is 34.9 Å². The molecule has 222 valence electrons. The van der Waals surface area contributed by atoms with Gasteiger partial charge in [0, 0.05) is 11.3 Å². The van der Waals surface area contributed by atoms with Crippen molar-refractivity contribution in [3.05, 3.63) is 0 Å². The second kappa shape index (κ2) is 9.87. The fraction of sp³-hybridized carbons (Fsp3) is 0.966. The summed E-state index contributed by atoms with van der Waals surface area (Å²) in [5.74, 6) is 0.809. The zero-order valence-corrected chi connectivity index (χ0v) is 23.3. The van der Waals surface area contributed by atoms with E-state index in [0.29, 0.717) is 23.7 Å². The summed E-state index contributed by atoms with van der Waals surface area (Å²) in [6.07, 6.45) is 4.34. The molecule has 0 radical (unpaired) electrons. The van der Waals surface area contributed by atoms with Crippen molar-refractivity contribution in [2.45, 2.75) is 127 Å². The minimum Gasteiger partial charge on any atom is -0.481 e. The summed E-state index contributed by atoms with van der Waals surface area (Å²) in [5.41, 5.74) is 12.6. The third kappa shape index (κ3) is 4.07. The molecule has 0 unspecified atom stereocenters. The quantitative estimate of drug-likeness (QED) is 0.273. The number of aliphatic carboxylic acids is 1. The molecular weight excluding hydrogens is 504 g/mol. The molecule has 15 atom stereocenters. The van der Waals surface area contributed by atoms with Gasteiger partial charge in [-0.05, 0) is 86.9 Å². The Balaban J connectivity index is 1.17. The van der Waals surface area contributed by atoms with Crippen LogP contribution in [0.25, 0.3) is 0 Å². The Bertz CT molecular complexity index is 952. The average molecular weight is 553 g/mol. The number of aliphatic hydroxyl groups excluding tert-OH is 3. The van der Waals surface area contributed by atoms with Gasteiger partial charge in [0.15, 0.2) is 6.29 Å². The highest BCUT2D eigenvalue weighted by molar-refractivity contribution is 5.67. The van der Waals surface area contributed by atoms with Crippen LogP contribution in [-0.4, -0.2) is 81.6 Å². The normalized spacial score (nSPS) is 56.8. The molecule has 0 aromatic carbocycles. The Morgan fingerprint density at radius 3 is 2.44 bits per heavy atom. The second-order valence-electron chi connectivity index (χ2n) is 14.1. The van der Waals surface area contributed by atoms with E-state index in [1.54, 1.807) is 0 Å². The second-order valence-corrected chi connectivity index (χ2v) is 14.1. The molecule has 10 nitrogen and oxygen atoms in total. The first-order valence-corrected chi connectivity index (χ1v) is 15.1. The molecule has 6 fully saturated rings. The SMILES string of the molecule is C[C@]12CC[C@H](O[C@@H]3O[C@H](CO)[C@@H](O)[C@H](O)[C@H]3N)C[C@H]1CC[C@@H]1[C@@H]2CC[C@]2(C)[C@@H]3CC[C@]12O[C@@H](N)[C@H]3CC(=O)O. The number of hydrogen-bond acceptors (Lipinski definition) is 9. The van der Waals surface area contributed by atoms with Gasteiger partial charge in [0.2, 0.25) is 0 Å². The molecule has 6 aliphatic rings. The van der Waals surface area contributed by atoms with Crippen molar-refractivity contribution in [3.63, 3.8) is 0 Å². The van der Waals surface area contributed by atoms with Crippen LogP contribution < -0.4 is 11.5 Å². The minimum atomic E-state index is -1.24. The molecule has 4 aliphatic carbocycles. The molecule has 0 aromatic rings. The number of hydrogen-bond donors (Lipinski definition) is 6. The van der Waals surface area contributed by atoms with Gasteiger partial charge in [-0.1, -0.05) is 13.8 Å². The fourth-order valence-corrected chi connectivity index (χ4v) is 10.7. The van der Waals surface area contributed by atoms with Crippen molar-refractivity contribution in [3.8, 4) is 0 Å². The van der Waals surface area contributed by atoms with E-state index in [2.05, 4.69) is 13.8 Å². The number of rotatable bonds is 5. The third-order valence-corrected chi connectivity index (χ3v) is 12.8. The molecule has 2 heterocycles. The number of carboxylic acid groups (broad SMARTS) is 1. The average Bonchev–Trinajstić information content (AvgIpc) is 3.10. The van der Waals surface area contributed by atoms with E-state index in [4.69, 9.17) is 25.7 Å². The van der Waals surface area contributed by atoms with Gasteiger partial charge in [0.1, 0.15) is 24.5 Å².